The van der Waals surface area contributed by atoms with Crippen molar-refractivity contribution in [2.24, 2.45) is 11.8 Å². The van der Waals surface area contributed by atoms with Crippen LogP contribution in [-0.4, -0.2) is 35.4 Å². The molecule has 48 heavy (non-hydrogen) atoms. The van der Waals surface area contributed by atoms with E-state index in [1.807, 2.05) is 0 Å². The standard InChI is InChI=1S/C38H30O10/c39-33(29-19-5-7-21-31(29)45-35(41)23-11-9-12-23)25-15-1-3-17-27(25)37(43)47-48-38(44)28-18-4-2-16-26(28)34(40)30-20-6-8-22-32(30)46-36(42)24-13-10-14-24/h1-8,15-24H,9-14H2. The van der Waals surface area contributed by atoms with Crippen molar-refractivity contribution in [1.82, 2.24) is 0 Å². The fraction of sp³-hybridized carbons (Fsp3) is 0.211. The fourth-order valence-electron chi connectivity index (χ4n) is 5.33. The second-order valence-electron chi connectivity index (χ2n) is 11.6. The Morgan fingerprint density at radius 1 is 0.417 bits per heavy atom. The predicted octanol–water partition coefficient (Wildman–Crippen LogP) is 6.49. The van der Waals surface area contributed by atoms with E-state index >= 15 is 0 Å². The molecule has 0 atom stereocenters. The molecule has 4 aromatic rings. The van der Waals surface area contributed by atoms with Gasteiger partial charge in [0.25, 0.3) is 0 Å². The summed E-state index contributed by atoms with van der Waals surface area (Å²) >= 11 is 0. The number of benzene rings is 4. The third-order valence-corrected chi connectivity index (χ3v) is 8.54. The molecule has 0 heterocycles. The van der Waals surface area contributed by atoms with Crippen molar-refractivity contribution in [3.8, 4) is 11.5 Å². The quantitative estimate of drug-likeness (QED) is 0.0618. The van der Waals surface area contributed by atoms with E-state index in [1.165, 1.54) is 60.7 Å². The minimum atomic E-state index is -1.15. The Morgan fingerprint density at radius 2 is 0.729 bits per heavy atom. The molecule has 0 saturated heterocycles. The largest absolute Gasteiger partial charge is 0.426 e. The molecule has 10 nitrogen and oxygen atoms in total. The molecule has 6 rings (SSSR count). The molecule has 0 aliphatic heterocycles. The molecule has 0 radical (unpaired) electrons. The first-order valence-corrected chi connectivity index (χ1v) is 15.6. The number of esters is 2. The summed E-state index contributed by atoms with van der Waals surface area (Å²) in [6.07, 6.45) is 4.78. The molecule has 2 saturated carbocycles. The van der Waals surface area contributed by atoms with Crippen molar-refractivity contribution in [2.45, 2.75) is 38.5 Å². The minimum Gasteiger partial charge on any atom is -0.426 e. The van der Waals surface area contributed by atoms with E-state index in [2.05, 4.69) is 0 Å². The van der Waals surface area contributed by atoms with Crippen LogP contribution in [-0.2, 0) is 19.4 Å². The normalized spacial score (nSPS) is 14.1. The highest BCUT2D eigenvalue weighted by atomic mass is 17.2. The molecule has 0 N–H and O–H groups in total. The van der Waals surface area contributed by atoms with Gasteiger partial charge in [0.1, 0.15) is 11.5 Å². The first-order valence-electron chi connectivity index (χ1n) is 15.6. The summed E-state index contributed by atoms with van der Waals surface area (Å²) in [5, 5.41) is 0. The summed E-state index contributed by atoms with van der Waals surface area (Å²) in [5.41, 5.74) is -0.436. The zero-order chi connectivity index (χ0) is 33.6. The van der Waals surface area contributed by atoms with Gasteiger partial charge in [0.05, 0.1) is 34.1 Å². The maximum atomic E-state index is 13.6. The number of ether oxygens (including phenoxy) is 2. The Bertz CT molecular complexity index is 1780. The highest BCUT2D eigenvalue weighted by Crippen LogP contribution is 2.32. The van der Waals surface area contributed by atoms with Crippen LogP contribution in [0.25, 0.3) is 0 Å². The van der Waals surface area contributed by atoms with Gasteiger partial charge in [0, 0.05) is 11.1 Å². The number of carbonyl (C=O) groups is 6. The van der Waals surface area contributed by atoms with Gasteiger partial charge < -0.3 is 9.47 Å². The van der Waals surface area contributed by atoms with Crippen molar-refractivity contribution >= 4 is 35.4 Å². The van der Waals surface area contributed by atoms with Gasteiger partial charge in [-0.3, -0.25) is 19.2 Å². The second kappa shape index (κ2) is 14.3. The predicted molar refractivity (Wildman–Crippen MR) is 169 cm³/mol. The van der Waals surface area contributed by atoms with E-state index in [4.69, 9.17) is 19.2 Å². The Kier molecular flexibility index (Phi) is 9.52. The summed E-state index contributed by atoms with van der Waals surface area (Å²) in [7, 11) is 0. The van der Waals surface area contributed by atoms with Crippen LogP contribution in [0, 0.1) is 11.8 Å². The van der Waals surface area contributed by atoms with Crippen LogP contribution in [0.15, 0.2) is 97.1 Å². The Hall–Kier alpha value is -5.90. The van der Waals surface area contributed by atoms with E-state index in [-0.39, 0.29) is 56.7 Å². The summed E-state index contributed by atoms with van der Waals surface area (Å²) < 4.78 is 11.1. The van der Waals surface area contributed by atoms with E-state index in [1.54, 1.807) is 36.4 Å². The van der Waals surface area contributed by atoms with Gasteiger partial charge in [0.15, 0.2) is 11.6 Å². The molecular formula is C38H30O10. The lowest BCUT2D eigenvalue weighted by molar-refractivity contribution is -0.187. The number of para-hydroxylation sites is 2. The number of carbonyl (C=O) groups excluding carboxylic acids is 6. The molecule has 0 amide bonds. The average molecular weight is 647 g/mol. The molecule has 242 valence electrons. The van der Waals surface area contributed by atoms with Crippen molar-refractivity contribution in [2.75, 3.05) is 0 Å². The van der Waals surface area contributed by atoms with Crippen molar-refractivity contribution in [1.29, 1.82) is 0 Å². The summed E-state index contributed by atoms with van der Waals surface area (Å²) in [4.78, 5) is 88.3. The molecule has 0 aromatic heterocycles. The Morgan fingerprint density at radius 3 is 1.06 bits per heavy atom. The van der Waals surface area contributed by atoms with Crippen LogP contribution in [0.4, 0.5) is 0 Å². The van der Waals surface area contributed by atoms with E-state index in [9.17, 15) is 28.8 Å². The Labute approximate surface area is 275 Å². The summed E-state index contributed by atoms with van der Waals surface area (Å²) in [6, 6.07) is 24.0. The topological polar surface area (TPSA) is 139 Å². The lowest BCUT2D eigenvalue weighted by atomic mass is 9.86. The summed E-state index contributed by atoms with van der Waals surface area (Å²) in [5.74, 6) is -4.65. The minimum absolute atomic E-state index is 0.0634. The lowest BCUT2D eigenvalue weighted by Gasteiger charge is -2.23. The van der Waals surface area contributed by atoms with Gasteiger partial charge in [-0.1, -0.05) is 73.5 Å². The average Bonchev–Trinajstić information content (AvgIpc) is 3.05. The van der Waals surface area contributed by atoms with Crippen molar-refractivity contribution in [3.05, 3.63) is 130 Å². The van der Waals surface area contributed by atoms with Gasteiger partial charge in [-0.05, 0) is 62.1 Å². The molecule has 10 heteroatoms. The lowest BCUT2D eigenvalue weighted by Crippen LogP contribution is -2.27. The second-order valence-corrected chi connectivity index (χ2v) is 11.6. The molecule has 2 fully saturated rings. The molecule has 4 aromatic carbocycles. The number of ketones is 2. The first kappa shape index (κ1) is 32.1. The smallest absolute Gasteiger partial charge is 0.387 e. The van der Waals surface area contributed by atoms with Gasteiger partial charge in [-0.15, -0.1) is 0 Å². The van der Waals surface area contributed by atoms with Crippen LogP contribution in [0.1, 0.15) is 91.1 Å². The van der Waals surface area contributed by atoms with E-state index in [0.717, 1.165) is 38.5 Å². The van der Waals surface area contributed by atoms with Gasteiger partial charge in [0.2, 0.25) is 0 Å². The molecular weight excluding hydrogens is 616 g/mol. The highest BCUT2D eigenvalue weighted by Gasteiger charge is 2.31. The van der Waals surface area contributed by atoms with Crippen LogP contribution in [0.5, 0.6) is 11.5 Å². The fourth-order valence-corrected chi connectivity index (χ4v) is 5.33. The van der Waals surface area contributed by atoms with Crippen molar-refractivity contribution < 1.29 is 48.0 Å². The molecule has 2 aliphatic rings. The van der Waals surface area contributed by atoms with Crippen LogP contribution < -0.4 is 9.47 Å². The molecule has 0 bridgehead atoms. The first-order chi connectivity index (χ1) is 23.3. The monoisotopic (exact) mass is 646 g/mol. The van der Waals surface area contributed by atoms with Crippen LogP contribution in [0.2, 0.25) is 0 Å². The third-order valence-electron chi connectivity index (χ3n) is 8.54. The maximum Gasteiger partial charge on any atom is 0.387 e. The van der Waals surface area contributed by atoms with Crippen LogP contribution in [0.3, 0.4) is 0 Å². The van der Waals surface area contributed by atoms with Crippen molar-refractivity contribution in [3.63, 3.8) is 0 Å². The maximum absolute atomic E-state index is 13.6. The zero-order valence-electron chi connectivity index (χ0n) is 25.7. The third kappa shape index (κ3) is 6.78. The van der Waals surface area contributed by atoms with Crippen LogP contribution >= 0.6 is 0 Å². The van der Waals surface area contributed by atoms with Gasteiger partial charge in [-0.2, -0.15) is 0 Å². The molecule has 0 unspecified atom stereocenters. The Balaban J connectivity index is 1.17. The number of hydrogen-bond donors (Lipinski definition) is 0. The number of rotatable bonds is 10. The zero-order valence-corrected chi connectivity index (χ0v) is 25.7. The highest BCUT2D eigenvalue weighted by molar-refractivity contribution is 6.17. The molecule has 2 aliphatic carbocycles. The molecule has 0 spiro atoms. The van der Waals surface area contributed by atoms with E-state index < -0.39 is 35.4 Å². The SMILES string of the molecule is O=C(OOC(=O)c1ccccc1C(=O)c1ccccc1OC(=O)C1CCC1)c1ccccc1C(=O)c1ccccc1OC(=O)C1CCC1. The number of hydrogen-bond acceptors (Lipinski definition) is 10. The van der Waals surface area contributed by atoms with Gasteiger partial charge >= 0.3 is 23.9 Å². The van der Waals surface area contributed by atoms with E-state index in [0.29, 0.717) is 0 Å². The van der Waals surface area contributed by atoms with Gasteiger partial charge in [-0.25, -0.2) is 19.4 Å². The summed E-state index contributed by atoms with van der Waals surface area (Å²) in [6.45, 7) is 0.